The van der Waals surface area contributed by atoms with E-state index >= 15 is 0 Å². The second kappa shape index (κ2) is 10.00. The maximum atomic E-state index is 11.0. The van der Waals surface area contributed by atoms with Crippen LogP contribution in [0.5, 0.6) is 5.75 Å². The van der Waals surface area contributed by atoms with Crippen molar-refractivity contribution in [3.63, 3.8) is 0 Å². The van der Waals surface area contributed by atoms with Gasteiger partial charge >= 0.3 is 0 Å². The highest BCUT2D eigenvalue weighted by atomic mass is 35.5. The van der Waals surface area contributed by atoms with Gasteiger partial charge in [-0.25, -0.2) is 0 Å². The fourth-order valence-electron chi connectivity index (χ4n) is 2.03. The maximum Gasteiger partial charge on any atom is 0.150 e. The fourth-order valence-corrected chi connectivity index (χ4v) is 2.03. The molecule has 1 aromatic rings. The minimum Gasteiger partial charge on any atom is -0.496 e. The Hall–Kier alpha value is -0.810. The standard InChI is InChI=1S/C14H22N2O2.2ClH/c1-15(2)8-12-6-11(10-17)7-13(9-16(3)4)14(12)18-5;;/h6-7,10H,8-9H2,1-5H3;2*1H. The molecule has 0 aromatic heterocycles. The number of ether oxygens (including phenoxy) is 1. The van der Waals surface area contributed by atoms with E-state index in [-0.39, 0.29) is 24.8 Å². The van der Waals surface area contributed by atoms with E-state index in [0.717, 1.165) is 36.3 Å². The van der Waals surface area contributed by atoms with Crippen molar-refractivity contribution in [2.45, 2.75) is 13.1 Å². The van der Waals surface area contributed by atoms with Crippen LogP contribution in [0.15, 0.2) is 12.1 Å². The Morgan fingerprint density at radius 2 is 1.40 bits per heavy atom. The van der Waals surface area contributed by atoms with E-state index in [9.17, 15) is 4.79 Å². The first kappa shape index (κ1) is 21.5. The Morgan fingerprint density at radius 1 is 1.00 bits per heavy atom. The molecule has 0 saturated carbocycles. The van der Waals surface area contributed by atoms with Crippen LogP contribution in [0.25, 0.3) is 0 Å². The number of aldehydes is 1. The van der Waals surface area contributed by atoms with Crippen LogP contribution in [0.2, 0.25) is 0 Å². The van der Waals surface area contributed by atoms with E-state index < -0.39 is 0 Å². The van der Waals surface area contributed by atoms with E-state index in [4.69, 9.17) is 4.74 Å². The minimum atomic E-state index is 0. The van der Waals surface area contributed by atoms with Gasteiger partial charge in [-0.15, -0.1) is 24.8 Å². The predicted octanol–water partition coefficient (Wildman–Crippen LogP) is 2.47. The number of nitrogens with zero attached hydrogens (tertiary/aromatic N) is 2. The molecular weight excluding hydrogens is 299 g/mol. The topological polar surface area (TPSA) is 32.8 Å². The Labute approximate surface area is 133 Å². The molecule has 1 rings (SSSR count). The lowest BCUT2D eigenvalue weighted by atomic mass is 10.0. The van der Waals surface area contributed by atoms with Gasteiger partial charge in [0.2, 0.25) is 0 Å². The van der Waals surface area contributed by atoms with Crippen molar-refractivity contribution >= 4 is 31.1 Å². The monoisotopic (exact) mass is 322 g/mol. The number of carbonyl (C=O) groups excluding carboxylic acids is 1. The summed E-state index contributed by atoms with van der Waals surface area (Å²) in [5, 5.41) is 0. The average Bonchev–Trinajstić information content (AvgIpc) is 2.27. The molecule has 0 aliphatic rings. The summed E-state index contributed by atoms with van der Waals surface area (Å²) < 4.78 is 5.51. The van der Waals surface area contributed by atoms with Gasteiger partial charge < -0.3 is 14.5 Å². The zero-order valence-corrected chi connectivity index (χ0v) is 14.3. The average molecular weight is 323 g/mol. The molecule has 0 N–H and O–H groups in total. The summed E-state index contributed by atoms with van der Waals surface area (Å²) >= 11 is 0. The molecule has 0 unspecified atom stereocenters. The number of methoxy groups -OCH3 is 1. The molecular formula is C14H24Cl2N2O2. The lowest BCUT2D eigenvalue weighted by Crippen LogP contribution is -2.15. The molecule has 0 atom stereocenters. The zero-order chi connectivity index (χ0) is 13.7. The number of rotatable bonds is 6. The summed E-state index contributed by atoms with van der Waals surface area (Å²) in [6.07, 6.45) is 0.887. The van der Waals surface area contributed by atoms with E-state index in [2.05, 4.69) is 9.80 Å². The quantitative estimate of drug-likeness (QED) is 0.753. The molecule has 0 saturated heterocycles. The molecule has 0 aliphatic heterocycles. The van der Waals surface area contributed by atoms with Gasteiger partial charge in [-0.2, -0.15) is 0 Å². The predicted molar refractivity (Wildman–Crippen MR) is 87.7 cm³/mol. The summed E-state index contributed by atoms with van der Waals surface area (Å²) in [5.41, 5.74) is 2.79. The highest BCUT2D eigenvalue weighted by Gasteiger charge is 2.13. The highest BCUT2D eigenvalue weighted by molar-refractivity contribution is 5.85. The molecule has 0 amide bonds. The Morgan fingerprint density at radius 3 is 1.65 bits per heavy atom. The first-order valence-electron chi connectivity index (χ1n) is 5.92. The summed E-state index contributed by atoms with van der Waals surface area (Å²) in [4.78, 5) is 15.1. The van der Waals surface area contributed by atoms with E-state index in [1.807, 2.05) is 40.3 Å². The van der Waals surface area contributed by atoms with Crippen LogP contribution >= 0.6 is 24.8 Å². The molecule has 4 nitrogen and oxygen atoms in total. The molecule has 0 bridgehead atoms. The number of carbonyl (C=O) groups is 1. The Kier molecular flexibility index (Phi) is 10.7. The van der Waals surface area contributed by atoms with Crippen LogP contribution in [0, 0.1) is 0 Å². The van der Waals surface area contributed by atoms with Crippen LogP contribution < -0.4 is 4.74 Å². The Balaban J connectivity index is 0. The van der Waals surface area contributed by atoms with Crippen molar-refractivity contribution < 1.29 is 9.53 Å². The number of hydrogen-bond acceptors (Lipinski definition) is 4. The normalized spacial score (nSPS) is 9.95. The zero-order valence-electron chi connectivity index (χ0n) is 12.7. The molecule has 0 heterocycles. The minimum absolute atomic E-state index is 0. The SMILES string of the molecule is COc1c(CN(C)C)cc(C=O)cc1CN(C)C.Cl.Cl. The summed E-state index contributed by atoms with van der Waals surface area (Å²) in [7, 11) is 9.67. The van der Waals surface area contributed by atoms with Crippen molar-refractivity contribution in [1.29, 1.82) is 0 Å². The third-order valence-corrected chi connectivity index (χ3v) is 2.58. The van der Waals surface area contributed by atoms with Gasteiger partial charge in [-0.1, -0.05) is 0 Å². The van der Waals surface area contributed by atoms with Gasteiger partial charge in [0.05, 0.1) is 7.11 Å². The lowest BCUT2D eigenvalue weighted by molar-refractivity contribution is 0.112. The summed E-state index contributed by atoms with van der Waals surface area (Å²) in [6, 6.07) is 3.79. The molecule has 0 spiro atoms. The molecule has 20 heavy (non-hydrogen) atoms. The smallest absolute Gasteiger partial charge is 0.150 e. The van der Waals surface area contributed by atoms with Crippen molar-refractivity contribution in [3.8, 4) is 5.75 Å². The van der Waals surface area contributed by atoms with Gasteiger partial charge in [0.15, 0.2) is 0 Å². The number of halogens is 2. The fraction of sp³-hybridized carbons (Fsp3) is 0.500. The molecule has 0 aliphatic carbocycles. The van der Waals surface area contributed by atoms with E-state index in [1.54, 1.807) is 7.11 Å². The lowest BCUT2D eigenvalue weighted by Gasteiger charge is -2.19. The van der Waals surface area contributed by atoms with Gasteiger partial charge in [-0.3, -0.25) is 4.79 Å². The van der Waals surface area contributed by atoms with Crippen molar-refractivity contribution in [3.05, 3.63) is 28.8 Å². The molecule has 6 heteroatoms. The first-order valence-corrected chi connectivity index (χ1v) is 5.92. The largest absolute Gasteiger partial charge is 0.496 e. The van der Waals surface area contributed by atoms with Crippen molar-refractivity contribution in [2.75, 3.05) is 35.3 Å². The molecule has 0 radical (unpaired) electrons. The van der Waals surface area contributed by atoms with Crippen molar-refractivity contribution in [2.24, 2.45) is 0 Å². The van der Waals surface area contributed by atoms with Crippen LogP contribution in [0.4, 0.5) is 0 Å². The van der Waals surface area contributed by atoms with Crippen LogP contribution in [-0.4, -0.2) is 51.4 Å². The second-order valence-electron chi connectivity index (χ2n) is 4.97. The molecule has 0 fully saturated rings. The highest BCUT2D eigenvalue weighted by Crippen LogP contribution is 2.27. The second-order valence-corrected chi connectivity index (χ2v) is 4.97. The van der Waals surface area contributed by atoms with Crippen LogP contribution in [-0.2, 0) is 13.1 Å². The molecule has 116 valence electrons. The van der Waals surface area contributed by atoms with E-state index in [0.29, 0.717) is 5.56 Å². The summed E-state index contributed by atoms with van der Waals surface area (Å²) in [5.74, 6) is 0.878. The van der Waals surface area contributed by atoms with Crippen LogP contribution in [0.1, 0.15) is 21.5 Å². The van der Waals surface area contributed by atoms with Gasteiger partial charge in [-0.05, 0) is 40.3 Å². The first-order chi connectivity index (χ1) is 8.47. The third kappa shape index (κ3) is 6.09. The van der Waals surface area contributed by atoms with Gasteiger partial charge in [0, 0.05) is 29.8 Å². The van der Waals surface area contributed by atoms with Gasteiger partial charge in [0.1, 0.15) is 12.0 Å². The summed E-state index contributed by atoms with van der Waals surface area (Å²) in [6.45, 7) is 1.51. The molecule has 1 aromatic carbocycles. The van der Waals surface area contributed by atoms with Crippen molar-refractivity contribution in [1.82, 2.24) is 9.80 Å². The Bertz CT molecular complexity index is 393. The van der Waals surface area contributed by atoms with E-state index in [1.165, 1.54) is 0 Å². The van der Waals surface area contributed by atoms with Crippen LogP contribution in [0.3, 0.4) is 0 Å². The van der Waals surface area contributed by atoms with Gasteiger partial charge in [0.25, 0.3) is 0 Å². The third-order valence-electron chi connectivity index (χ3n) is 2.58. The number of hydrogen-bond donors (Lipinski definition) is 0. The number of benzene rings is 1. The maximum absolute atomic E-state index is 11.0.